The van der Waals surface area contributed by atoms with Gasteiger partial charge in [0, 0.05) is 12.6 Å². The molecule has 0 N–H and O–H groups in total. The van der Waals surface area contributed by atoms with Crippen LogP contribution in [0.4, 0.5) is 0 Å². The van der Waals surface area contributed by atoms with Gasteiger partial charge in [0.2, 0.25) is 0 Å². The molecule has 2 rings (SSSR count). The van der Waals surface area contributed by atoms with Gasteiger partial charge in [-0.3, -0.25) is 4.18 Å². The van der Waals surface area contributed by atoms with Gasteiger partial charge < -0.3 is 0 Å². The van der Waals surface area contributed by atoms with Gasteiger partial charge in [0.1, 0.15) is 0 Å². The lowest BCUT2D eigenvalue weighted by molar-refractivity contribution is 0.218. The monoisotopic (exact) mass is 311 g/mol. The molecule has 0 saturated carbocycles. The standard InChI is InChI=1S/C14H21BO3PS/c1-12(18-20(2,16)17)11-14-9-6-10-19(14,15)13-7-4-3-5-8-13/h3-5,7-8,12,14H,6,9-11H2,1-2H3/q+1/t12-,14+,19?/m0/s1. The fourth-order valence-corrected chi connectivity index (χ4v) is 7.54. The zero-order valence-corrected chi connectivity index (χ0v) is 13.7. The summed E-state index contributed by atoms with van der Waals surface area (Å²) in [5.41, 5.74) is 0.363. The number of hydrogen-bond donors (Lipinski definition) is 0. The number of hydrogen-bond acceptors (Lipinski definition) is 3. The molecule has 1 aromatic rings. The highest BCUT2D eigenvalue weighted by Crippen LogP contribution is 2.64. The van der Waals surface area contributed by atoms with Gasteiger partial charge >= 0.3 is 7.57 Å². The second-order valence-corrected chi connectivity index (χ2v) is 10.8. The van der Waals surface area contributed by atoms with Crippen molar-refractivity contribution >= 4 is 30.1 Å². The van der Waals surface area contributed by atoms with Crippen LogP contribution in [0.25, 0.3) is 0 Å². The van der Waals surface area contributed by atoms with Gasteiger partial charge in [0.25, 0.3) is 10.1 Å². The van der Waals surface area contributed by atoms with Crippen LogP contribution < -0.4 is 5.30 Å². The van der Waals surface area contributed by atoms with Gasteiger partial charge in [-0.2, -0.15) is 8.42 Å². The fourth-order valence-electron chi connectivity index (χ4n) is 3.07. The van der Waals surface area contributed by atoms with Gasteiger partial charge in [-0.1, -0.05) is 18.2 Å². The summed E-state index contributed by atoms with van der Waals surface area (Å²) in [7, 11) is 1.67. The molecule has 108 valence electrons. The SMILES string of the molecule is [B][P+]1(c2ccccc2)CCC[C@@H]1C[C@H](C)OS(C)(=O)=O. The molecule has 1 aromatic carbocycles. The van der Waals surface area contributed by atoms with Crippen LogP contribution in [0, 0.1) is 0 Å². The molecule has 1 unspecified atom stereocenters. The van der Waals surface area contributed by atoms with Crippen molar-refractivity contribution in [1.29, 1.82) is 0 Å². The molecule has 1 heterocycles. The number of benzene rings is 1. The molecule has 1 saturated heterocycles. The largest absolute Gasteiger partial charge is 0.371 e. The summed E-state index contributed by atoms with van der Waals surface area (Å²) >= 11 is 0. The second-order valence-electron chi connectivity index (χ2n) is 5.63. The third kappa shape index (κ3) is 3.84. The van der Waals surface area contributed by atoms with E-state index < -0.39 is 17.3 Å². The summed E-state index contributed by atoms with van der Waals surface area (Å²) < 4.78 is 27.5. The predicted molar refractivity (Wildman–Crippen MR) is 86.6 cm³/mol. The maximum absolute atomic E-state index is 11.2. The lowest BCUT2D eigenvalue weighted by Crippen LogP contribution is -2.25. The van der Waals surface area contributed by atoms with Crippen LogP contribution in [-0.2, 0) is 14.3 Å². The normalized spacial score (nSPS) is 28.4. The quantitative estimate of drug-likeness (QED) is 0.476. The van der Waals surface area contributed by atoms with E-state index in [4.69, 9.17) is 11.7 Å². The molecular formula is C14H21BO3PS+. The van der Waals surface area contributed by atoms with Crippen molar-refractivity contribution in [3.05, 3.63) is 30.3 Å². The second kappa shape index (κ2) is 6.17. The van der Waals surface area contributed by atoms with E-state index in [1.807, 2.05) is 25.1 Å². The lowest BCUT2D eigenvalue weighted by atomic mass is 10.1. The van der Waals surface area contributed by atoms with Gasteiger partial charge in [-0.25, -0.2) is 0 Å². The van der Waals surface area contributed by atoms with Crippen molar-refractivity contribution < 1.29 is 12.6 Å². The van der Waals surface area contributed by atoms with Crippen LogP contribution in [-0.4, -0.2) is 40.2 Å². The van der Waals surface area contributed by atoms with E-state index in [0.29, 0.717) is 12.1 Å². The molecule has 0 amide bonds. The highest BCUT2D eigenvalue weighted by molar-refractivity contribution is 8.03. The van der Waals surface area contributed by atoms with Crippen molar-refractivity contribution in [3.63, 3.8) is 0 Å². The van der Waals surface area contributed by atoms with Crippen LogP contribution in [0.3, 0.4) is 0 Å². The predicted octanol–water partition coefficient (Wildman–Crippen LogP) is 2.33. The van der Waals surface area contributed by atoms with E-state index in [1.165, 1.54) is 5.30 Å². The molecule has 1 fully saturated rings. The van der Waals surface area contributed by atoms with Crippen molar-refractivity contribution in [1.82, 2.24) is 0 Å². The summed E-state index contributed by atoms with van der Waals surface area (Å²) in [5.74, 6) is 0. The van der Waals surface area contributed by atoms with Crippen LogP contribution in [0.15, 0.2) is 30.3 Å². The third-order valence-corrected chi connectivity index (χ3v) is 8.66. The van der Waals surface area contributed by atoms with E-state index in [1.54, 1.807) is 0 Å². The van der Waals surface area contributed by atoms with Crippen LogP contribution in [0.5, 0.6) is 0 Å². The lowest BCUT2D eigenvalue weighted by Gasteiger charge is -2.27. The third-order valence-electron chi connectivity index (χ3n) is 3.90. The summed E-state index contributed by atoms with van der Waals surface area (Å²) in [6.45, 7) is 1.81. The highest BCUT2D eigenvalue weighted by Gasteiger charge is 2.47. The molecule has 2 radical (unpaired) electrons. The van der Waals surface area contributed by atoms with Gasteiger partial charge in [-0.15, -0.1) is 0 Å². The first-order valence-corrected chi connectivity index (χ1v) is 10.8. The van der Waals surface area contributed by atoms with Crippen LogP contribution in [0.1, 0.15) is 26.2 Å². The molecule has 0 spiro atoms. The smallest absolute Gasteiger partial charge is 0.267 e. The Morgan fingerprint density at radius 2 is 2.05 bits per heavy atom. The van der Waals surface area contributed by atoms with E-state index in [0.717, 1.165) is 25.3 Å². The minimum Gasteiger partial charge on any atom is -0.267 e. The van der Waals surface area contributed by atoms with Gasteiger partial charge in [0.05, 0.1) is 23.3 Å². The molecule has 20 heavy (non-hydrogen) atoms. The van der Waals surface area contributed by atoms with Crippen molar-refractivity contribution in [2.24, 2.45) is 0 Å². The van der Waals surface area contributed by atoms with Gasteiger partial charge in [0.15, 0.2) is 0 Å². The minimum atomic E-state index is -3.40. The first-order valence-electron chi connectivity index (χ1n) is 6.91. The molecule has 3 atom stereocenters. The Bertz CT molecular complexity index is 549. The molecule has 6 heteroatoms. The zero-order valence-electron chi connectivity index (χ0n) is 12.0. The summed E-state index contributed by atoms with van der Waals surface area (Å²) in [6.07, 6.45) is 4.74. The van der Waals surface area contributed by atoms with E-state index in [-0.39, 0.29) is 6.10 Å². The Balaban J connectivity index is 2.11. The summed E-state index contributed by atoms with van der Waals surface area (Å²) in [6, 6.07) is 10.3. The Labute approximate surface area is 123 Å². The number of rotatable bonds is 5. The van der Waals surface area contributed by atoms with Crippen molar-refractivity contribution in [2.45, 2.75) is 37.9 Å². The topological polar surface area (TPSA) is 43.4 Å². The Kier molecular flexibility index (Phi) is 4.94. The maximum Gasteiger partial charge on any atom is 0.371 e. The van der Waals surface area contributed by atoms with Crippen molar-refractivity contribution in [3.8, 4) is 0 Å². The first-order chi connectivity index (χ1) is 9.31. The Hall–Kier alpha value is -0.375. The van der Waals surface area contributed by atoms with Crippen LogP contribution in [0.2, 0.25) is 0 Å². The summed E-state index contributed by atoms with van der Waals surface area (Å²) in [4.78, 5) is 0. The fraction of sp³-hybridized carbons (Fsp3) is 0.571. The maximum atomic E-state index is 11.2. The molecule has 1 aliphatic heterocycles. The van der Waals surface area contributed by atoms with Crippen LogP contribution >= 0.6 is 7.14 Å². The van der Waals surface area contributed by atoms with E-state index in [9.17, 15) is 8.42 Å². The van der Waals surface area contributed by atoms with Gasteiger partial charge in [-0.05, 0) is 39.0 Å². The molecule has 0 aromatic heterocycles. The first kappa shape index (κ1) is 16.0. The summed E-state index contributed by atoms with van der Waals surface area (Å²) in [5, 5.41) is 1.24. The molecule has 1 aliphatic rings. The minimum absolute atomic E-state index is 0.306. The van der Waals surface area contributed by atoms with E-state index in [2.05, 4.69) is 12.1 Å². The highest BCUT2D eigenvalue weighted by atomic mass is 32.2. The molecule has 3 nitrogen and oxygen atoms in total. The molecule has 0 bridgehead atoms. The zero-order chi connectivity index (χ0) is 14.8. The molecule has 0 aliphatic carbocycles. The Morgan fingerprint density at radius 3 is 2.65 bits per heavy atom. The average Bonchev–Trinajstić information content (AvgIpc) is 2.71. The average molecular weight is 311 g/mol. The van der Waals surface area contributed by atoms with E-state index >= 15 is 0 Å². The Morgan fingerprint density at radius 1 is 1.40 bits per heavy atom. The molecular weight excluding hydrogens is 290 g/mol. The van der Waals surface area contributed by atoms with Crippen molar-refractivity contribution in [2.75, 3.05) is 12.4 Å².